The van der Waals surface area contributed by atoms with Crippen LogP contribution in [0.1, 0.15) is 56.6 Å². The molecule has 0 radical (unpaired) electrons. The van der Waals surface area contributed by atoms with Crippen LogP contribution in [0.5, 0.6) is 0 Å². The highest BCUT2D eigenvalue weighted by atomic mass is 16.5. The molecule has 0 spiro atoms. The van der Waals surface area contributed by atoms with Crippen molar-refractivity contribution >= 4 is 17.6 Å². The molecule has 0 aliphatic rings. The molecule has 0 atom stereocenters. The summed E-state index contributed by atoms with van der Waals surface area (Å²) in [4.78, 5) is 23.3. The highest BCUT2D eigenvalue weighted by Crippen LogP contribution is 2.14. The molecule has 1 aromatic carbocycles. The predicted octanol–water partition coefficient (Wildman–Crippen LogP) is 4.70. The molecule has 0 bridgehead atoms. The fourth-order valence-corrected chi connectivity index (χ4v) is 2.25. The highest BCUT2D eigenvalue weighted by molar-refractivity contribution is 6.02. The first-order chi connectivity index (χ1) is 11.5. The lowest BCUT2D eigenvalue weighted by molar-refractivity contribution is -0.138. The van der Waals surface area contributed by atoms with E-state index in [9.17, 15) is 9.59 Å². The third-order valence-electron chi connectivity index (χ3n) is 3.89. The number of amides is 1. The second kappa shape index (κ2) is 11.4. The summed E-state index contributed by atoms with van der Waals surface area (Å²) in [6.45, 7) is 6.60. The minimum Gasteiger partial charge on any atom is -0.463 e. The van der Waals surface area contributed by atoms with Crippen LogP contribution in [-0.2, 0) is 14.3 Å². The molecule has 132 valence electrons. The number of ether oxygens (including phenoxy) is 1. The lowest BCUT2D eigenvalue weighted by Crippen LogP contribution is -2.10. The molecule has 0 aliphatic carbocycles. The molecule has 0 aliphatic heterocycles. The van der Waals surface area contributed by atoms with E-state index in [1.165, 1.54) is 43.4 Å². The SMILES string of the molecule is CCCCCCCCOC(=O)/C=C/C(=O)Nc1ccc(C)c(C)c1. The van der Waals surface area contributed by atoms with Crippen molar-refractivity contribution in [2.24, 2.45) is 0 Å². The number of esters is 1. The van der Waals surface area contributed by atoms with Gasteiger partial charge in [0.25, 0.3) is 0 Å². The topological polar surface area (TPSA) is 55.4 Å². The van der Waals surface area contributed by atoms with Crippen molar-refractivity contribution in [3.05, 3.63) is 41.5 Å². The number of carbonyl (C=O) groups excluding carboxylic acids is 2. The monoisotopic (exact) mass is 331 g/mol. The molecule has 0 unspecified atom stereocenters. The van der Waals surface area contributed by atoms with E-state index in [0.717, 1.165) is 18.4 Å². The summed E-state index contributed by atoms with van der Waals surface area (Å²) in [5.74, 6) is -0.812. The van der Waals surface area contributed by atoms with Gasteiger partial charge in [-0.1, -0.05) is 45.1 Å². The molecular weight excluding hydrogens is 302 g/mol. The van der Waals surface area contributed by atoms with E-state index in [1.54, 1.807) is 0 Å². The van der Waals surface area contributed by atoms with Crippen LogP contribution < -0.4 is 5.32 Å². The van der Waals surface area contributed by atoms with Crippen LogP contribution in [0.4, 0.5) is 5.69 Å². The van der Waals surface area contributed by atoms with Crippen molar-refractivity contribution in [1.82, 2.24) is 0 Å². The van der Waals surface area contributed by atoms with Gasteiger partial charge in [0, 0.05) is 17.8 Å². The first kappa shape index (κ1) is 19.9. The molecule has 24 heavy (non-hydrogen) atoms. The average Bonchev–Trinajstić information content (AvgIpc) is 2.55. The first-order valence-corrected chi connectivity index (χ1v) is 8.76. The van der Waals surface area contributed by atoms with Gasteiger partial charge in [-0.2, -0.15) is 0 Å². The number of aryl methyl sites for hydroxylation is 2. The molecule has 0 aromatic heterocycles. The lowest BCUT2D eigenvalue weighted by Gasteiger charge is -2.05. The summed E-state index contributed by atoms with van der Waals surface area (Å²) in [5, 5.41) is 2.73. The van der Waals surface area contributed by atoms with E-state index in [-0.39, 0.29) is 5.91 Å². The Morgan fingerprint density at radius 1 is 1.00 bits per heavy atom. The Kier molecular flexibility index (Phi) is 9.51. The Morgan fingerprint density at radius 2 is 1.71 bits per heavy atom. The first-order valence-electron chi connectivity index (χ1n) is 8.76. The van der Waals surface area contributed by atoms with E-state index in [1.807, 2.05) is 32.0 Å². The van der Waals surface area contributed by atoms with Gasteiger partial charge in [0.1, 0.15) is 0 Å². The Bertz CT molecular complexity index is 564. The average molecular weight is 331 g/mol. The molecule has 4 heteroatoms. The predicted molar refractivity (Wildman–Crippen MR) is 98.0 cm³/mol. The number of nitrogens with one attached hydrogen (secondary N) is 1. The van der Waals surface area contributed by atoms with Gasteiger partial charge in [0.05, 0.1) is 6.61 Å². The Labute approximate surface area is 145 Å². The molecule has 1 rings (SSSR count). The second-order valence-corrected chi connectivity index (χ2v) is 6.06. The van der Waals surface area contributed by atoms with Gasteiger partial charge in [0.15, 0.2) is 0 Å². The quantitative estimate of drug-likeness (QED) is 0.384. The van der Waals surface area contributed by atoms with Gasteiger partial charge in [0.2, 0.25) is 5.91 Å². The molecule has 1 amide bonds. The van der Waals surface area contributed by atoms with Crippen molar-refractivity contribution in [2.45, 2.75) is 59.3 Å². The number of unbranched alkanes of at least 4 members (excludes halogenated alkanes) is 5. The van der Waals surface area contributed by atoms with Gasteiger partial charge in [-0.25, -0.2) is 4.79 Å². The standard InChI is InChI=1S/C20H29NO3/c1-4-5-6-7-8-9-14-24-20(23)13-12-19(22)21-18-11-10-16(2)17(3)15-18/h10-13,15H,4-9,14H2,1-3H3,(H,21,22)/b13-12+. The third kappa shape index (κ3) is 8.51. The number of benzene rings is 1. The largest absolute Gasteiger partial charge is 0.463 e. The molecule has 1 aromatic rings. The third-order valence-corrected chi connectivity index (χ3v) is 3.89. The fraction of sp³-hybridized carbons (Fsp3) is 0.500. The van der Waals surface area contributed by atoms with Crippen molar-refractivity contribution in [1.29, 1.82) is 0 Å². The van der Waals surface area contributed by atoms with Gasteiger partial charge in [-0.15, -0.1) is 0 Å². The van der Waals surface area contributed by atoms with Crippen molar-refractivity contribution in [3.8, 4) is 0 Å². The smallest absolute Gasteiger partial charge is 0.330 e. The summed E-state index contributed by atoms with van der Waals surface area (Å²) < 4.78 is 5.08. The van der Waals surface area contributed by atoms with Crippen LogP contribution in [0.2, 0.25) is 0 Å². The maximum atomic E-state index is 11.8. The minimum absolute atomic E-state index is 0.338. The second-order valence-electron chi connectivity index (χ2n) is 6.06. The molecule has 0 saturated carbocycles. The van der Waals surface area contributed by atoms with Crippen LogP contribution in [-0.4, -0.2) is 18.5 Å². The summed E-state index contributed by atoms with van der Waals surface area (Å²) >= 11 is 0. The van der Waals surface area contributed by atoms with Gasteiger partial charge in [-0.05, 0) is 43.5 Å². The lowest BCUT2D eigenvalue weighted by atomic mass is 10.1. The Balaban J connectivity index is 2.23. The fourth-order valence-electron chi connectivity index (χ4n) is 2.25. The van der Waals surface area contributed by atoms with Crippen LogP contribution in [0.15, 0.2) is 30.4 Å². The summed E-state index contributed by atoms with van der Waals surface area (Å²) in [6.07, 6.45) is 9.24. The maximum Gasteiger partial charge on any atom is 0.330 e. The molecular formula is C20H29NO3. The van der Waals surface area contributed by atoms with Crippen LogP contribution in [0, 0.1) is 13.8 Å². The van der Waals surface area contributed by atoms with Crippen LogP contribution in [0.25, 0.3) is 0 Å². The Hall–Kier alpha value is -2.10. The zero-order chi connectivity index (χ0) is 17.8. The van der Waals surface area contributed by atoms with E-state index < -0.39 is 5.97 Å². The van der Waals surface area contributed by atoms with Crippen molar-refractivity contribution in [3.63, 3.8) is 0 Å². The van der Waals surface area contributed by atoms with Crippen LogP contribution >= 0.6 is 0 Å². The normalized spacial score (nSPS) is 10.8. The van der Waals surface area contributed by atoms with E-state index in [4.69, 9.17) is 4.74 Å². The summed E-state index contributed by atoms with van der Waals surface area (Å²) in [5.41, 5.74) is 2.99. The number of rotatable bonds is 10. The van der Waals surface area contributed by atoms with Gasteiger partial charge in [-0.3, -0.25) is 4.79 Å². The molecule has 0 heterocycles. The van der Waals surface area contributed by atoms with Crippen molar-refractivity contribution in [2.75, 3.05) is 11.9 Å². The van der Waals surface area contributed by atoms with Gasteiger partial charge >= 0.3 is 5.97 Å². The van der Waals surface area contributed by atoms with E-state index in [2.05, 4.69) is 12.2 Å². The Morgan fingerprint density at radius 3 is 2.42 bits per heavy atom. The highest BCUT2D eigenvalue weighted by Gasteiger charge is 2.02. The number of carbonyl (C=O) groups is 2. The minimum atomic E-state index is -0.473. The molecule has 4 nitrogen and oxygen atoms in total. The van der Waals surface area contributed by atoms with Crippen LogP contribution in [0.3, 0.4) is 0 Å². The number of hydrogen-bond acceptors (Lipinski definition) is 3. The summed E-state index contributed by atoms with van der Waals surface area (Å²) in [7, 11) is 0. The molecule has 0 saturated heterocycles. The molecule has 0 fully saturated rings. The zero-order valence-corrected chi connectivity index (χ0v) is 15.1. The van der Waals surface area contributed by atoms with Crippen molar-refractivity contribution < 1.29 is 14.3 Å². The van der Waals surface area contributed by atoms with Gasteiger partial charge < -0.3 is 10.1 Å². The number of anilines is 1. The zero-order valence-electron chi connectivity index (χ0n) is 15.1. The van der Waals surface area contributed by atoms with E-state index >= 15 is 0 Å². The molecule has 1 N–H and O–H groups in total. The number of hydrogen-bond donors (Lipinski definition) is 1. The summed E-state index contributed by atoms with van der Waals surface area (Å²) in [6, 6.07) is 5.69. The van der Waals surface area contributed by atoms with E-state index in [0.29, 0.717) is 12.3 Å². The maximum absolute atomic E-state index is 11.8.